The van der Waals surface area contributed by atoms with Gasteiger partial charge < -0.3 is 5.32 Å². The minimum atomic E-state index is -0.146. The molecule has 0 aliphatic heterocycles. The molecule has 0 amide bonds. The number of benzene rings is 1. The van der Waals surface area contributed by atoms with Crippen molar-refractivity contribution in [2.75, 3.05) is 0 Å². The van der Waals surface area contributed by atoms with Crippen molar-refractivity contribution < 1.29 is 4.39 Å². The molecular weight excluding hydrogens is 225 g/mol. The summed E-state index contributed by atoms with van der Waals surface area (Å²) in [5, 5.41) is 3.49. The van der Waals surface area contributed by atoms with Gasteiger partial charge in [0.25, 0.3) is 0 Å². The molecule has 1 unspecified atom stereocenters. The van der Waals surface area contributed by atoms with Gasteiger partial charge in [-0.1, -0.05) is 31.9 Å². The van der Waals surface area contributed by atoms with Gasteiger partial charge in [0.1, 0.15) is 5.82 Å². The van der Waals surface area contributed by atoms with E-state index in [4.69, 9.17) is 6.42 Å². The minimum absolute atomic E-state index is 0.142. The Morgan fingerprint density at radius 3 is 2.67 bits per heavy atom. The van der Waals surface area contributed by atoms with Crippen LogP contribution in [-0.2, 0) is 0 Å². The molecule has 0 heterocycles. The summed E-state index contributed by atoms with van der Waals surface area (Å²) in [5.41, 5.74) is 1.11. The third-order valence-electron chi connectivity index (χ3n) is 3.72. The van der Waals surface area contributed by atoms with Gasteiger partial charge in [-0.2, -0.15) is 0 Å². The molecule has 0 aromatic heterocycles. The fraction of sp³-hybridized carbons (Fsp3) is 0.500. The fourth-order valence-corrected chi connectivity index (χ4v) is 2.47. The van der Waals surface area contributed by atoms with Gasteiger partial charge in [-0.3, -0.25) is 0 Å². The van der Waals surface area contributed by atoms with Crippen molar-refractivity contribution in [3.05, 3.63) is 35.6 Å². The first-order valence-electron chi connectivity index (χ1n) is 6.57. The lowest BCUT2D eigenvalue weighted by Gasteiger charge is -2.38. The summed E-state index contributed by atoms with van der Waals surface area (Å²) in [7, 11) is 0. The molecule has 1 aliphatic rings. The van der Waals surface area contributed by atoms with Gasteiger partial charge in [0, 0.05) is 6.04 Å². The first kappa shape index (κ1) is 13.1. The average molecular weight is 245 g/mol. The maximum Gasteiger partial charge on any atom is 0.123 e. The van der Waals surface area contributed by atoms with Gasteiger partial charge in [0.05, 0.1) is 6.04 Å². The Hall–Kier alpha value is -1.33. The zero-order valence-electron chi connectivity index (χ0n) is 11.0. The molecule has 0 radical (unpaired) electrons. The normalized spacial score (nSPS) is 24.4. The Balaban J connectivity index is 1.86. The third kappa shape index (κ3) is 2.91. The number of nitrogens with one attached hydrogen (secondary N) is 1. The molecule has 1 atom stereocenters. The highest BCUT2D eigenvalue weighted by Crippen LogP contribution is 2.37. The molecule has 1 aromatic carbocycles. The zero-order chi connectivity index (χ0) is 13.1. The molecule has 96 valence electrons. The molecular formula is C16H20FN. The van der Waals surface area contributed by atoms with E-state index in [0.29, 0.717) is 17.9 Å². The van der Waals surface area contributed by atoms with E-state index >= 15 is 0 Å². The summed E-state index contributed by atoms with van der Waals surface area (Å²) in [6.45, 7) is 4.25. The molecule has 1 fully saturated rings. The van der Waals surface area contributed by atoms with Crippen molar-refractivity contribution in [3.8, 4) is 12.3 Å². The predicted octanol–water partition coefficient (Wildman–Crippen LogP) is 3.32. The quantitative estimate of drug-likeness (QED) is 0.802. The fourth-order valence-electron chi connectivity index (χ4n) is 2.47. The van der Waals surface area contributed by atoms with Crippen molar-refractivity contribution in [3.63, 3.8) is 0 Å². The first-order chi connectivity index (χ1) is 8.60. The largest absolute Gasteiger partial charge is 0.301 e. The van der Waals surface area contributed by atoms with Crippen LogP contribution in [0.1, 0.15) is 38.2 Å². The van der Waals surface area contributed by atoms with Crippen LogP contribution in [0.25, 0.3) is 0 Å². The SMILES string of the molecule is C#CC(NC1CC(c2cccc(F)c2)C1)C(C)C. The van der Waals surface area contributed by atoms with Crippen LogP contribution in [0, 0.1) is 24.1 Å². The average Bonchev–Trinajstić information content (AvgIpc) is 2.27. The van der Waals surface area contributed by atoms with E-state index in [9.17, 15) is 4.39 Å². The van der Waals surface area contributed by atoms with E-state index in [0.717, 1.165) is 18.4 Å². The van der Waals surface area contributed by atoms with Crippen molar-refractivity contribution >= 4 is 0 Å². The van der Waals surface area contributed by atoms with Crippen molar-refractivity contribution in [1.82, 2.24) is 5.32 Å². The predicted molar refractivity (Wildman–Crippen MR) is 72.8 cm³/mol. The Kier molecular flexibility index (Phi) is 4.04. The van der Waals surface area contributed by atoms with Crippen molar-refractivity contribution in [2.45, 2.75) is 44.7 Å². The number of terminal acetylenes is 1. The highest BCUT2D eigenvalue weighted by Gasteiger charge is 2.31. The Morgan fingerprint density at radius 2 is 2.11 bits per heavy atom. The minimum Gasteiger partial charge on any atom is -0.301 e. The molecule has 1 aromatic rings. The number of hydrogen-bond donors (Lipinski definition) is 1. The molecule has 0 bridgehead atoms. The molecule has 1 N–H and O–H groups in total. The van der Waals surface area contributed by atoms with E-state index in [1.165, 1.54) is 6.07 Å². The van der Waals surface area contributed by atoms with Crippen molar-refractivity contribution in [1.29, 1.82) is 0 Å². The standard InChI is InChI=1S/C16H20FN/c1-4-16(11(2)3)18-15-9-13(10-15)12-6-5-7-14(17)8-12/h1,5-8,11,13,15-16,18H,9-10H2,2-3H3. The maximum absolute atomic E-state index is 13.1. The van der Waals surface area contributed by atoms with E-state index in [1.54, 1.807) is 12.1 Å². The van der Waals surface area contributed by atoms with Gasteiger partial charge in [0.15, 0.2) is 0 Å². The highest BCUT2D eigenvalue weighted by molar-refractivity contribution is 5.24. The molecule has 0 saturated heterocycles. The topological polar surface area (TPSA) is 12.0 Å². The lowest BCUT2D eigenvalue weighted by Crippen LogP contribution is -2.46. The Morgan fingerprint density at radius 1 is 1.39 bits per heavy atom. The molecule has 1 nitrogen and oxygen atoms in total. The van der Waals surface area contributed by atoms with Crippen LogP contribution in [0.5, 0.6) is 0 Å². The zero-order valence-corrected chi connectivity index (χ0v) is 11.0. The van der Waals surface area contributed by atoms with Gasteiger partial charge in [-0.15, -0.1) is 6.42 Å². The third-order valence-corrected chi connectivity index (χ3v) is 3.72. The summed E-state index contributed by atoms with van der Waals surface area (Å²) < 4.78 is 13.1. The molecule has 1 saturated carbocycles. The van der Waals surface area contributed by atoms with Gasteiger partial charge >= 0.3 is 0 Å². The highest BCUT2D eigenvalue weighted by atomic mass is 19.1. The van der Waals surface area contributed by atoms with Crippen LogP contribution in [0.4, 0.5) is 4.39 Å². The molecule has 2 heteroatoms. The summed E-state index contributed by atoms with van der Waals surface area (Å²) >= 11 is 0. The summed E-state index contributed by atoms with van der Waals surface area (Å²) in [6.07, 6.45) is 7.60. The molecule has 18 heavy (non-hydrogen) atoms. The second kappa shape index (κ2) is 5.54. The smallest absolute Gasteiger partial charge is 0.123 e. The van der Waals surface area contributed by atoms with Crippen LogP contribution in [-0.4, -0.2) is 12.1 Å². The second-order valence-electron chi connectivity index (χ2n) is 5.48. The van der Waals surface area contributed by atoms with Gasteiger partial charge in [-0.05, 0) is 42.4 Å². The van der Waals surface area contributed by atoms with Gasteiger partial charge in [-0.25, -0.2) is 4.39 Å². The van der Waals surface area contributed by atoms with E-state index in [1.807, 2.05) is 6.07 Å². The van der Waals surface area contributed by atoms with Crippen LogP contribution in [0.2, 0.25) is 0 Å². The van der Waals surface area contributed by atoms with E-state index in [2.05, 4.69) is 25.1 Å². The van der Waals surface area contributed by atoms with E-state index < -0.39 is 0 Å². The monoisotopic (exact) mass is 245 g/mol. The van der Waals surface area contributed by atoms with E-state index in [-0.39, 0.29) is 11.9 Å². The molecule has 2 rings (SSSR count). The molecule has 0 spiro atoms. The van der Waals surface area contributed by atoms with Crippen LogP contribution in [0.3, 0.4) is 0 Å². The lowest BCUT2D eigenvalue weighted by atomic mass is 9.75. The number of halogens is 1. The number of rotatable bonds is 4. The maximum atomic E-state index is 13.1. The molecule has 1 aliphatic carbocycles. The number of hydrogen-bond acceptors (Lipinski definition) is 1. The summed E-state index contributed by atoms with van der Waals surface area (Å²) in [4.78, 5) is 0. The summed E-state index contributed by atoms with van der Waals surface area (Å²) in [5.74, 6) is 3.57. The van der Waals surface area contributed by atoms with Crippen LogP contribution in [0.15, 0.2) is 24.3 Å². The van der Waals surface area contributed by atoms with Crippen LogP contribution < -0.4 is 5.32 Å². The van der Waals surface area contributed by atoms with Crippen molar-refractivity contribution in [2.24, 2.45) is 5.92 Å². The lowest BCUT2D eigenvalue weighted by molar-refractivity contribution is 0.262. The summed E-state index contributed by atoms with van der Waals surface area (Å²) in [6, 6.07) is 7.53. The van der Waals surface area contributed by atoms with Crippen LogP contribution >= 0.6 is 0 Å². The Labute approximate surface area is 109 Å². The first-order valence-corrected chi connectivity index (χ1v) is 6.57. The second-order valence-corrected chi connectivity index (χ2v) is 5.48. The van der Waals surface area contributed by atoms with Gasteiger partial charge in [0.2, 0.25) is 0 Å². The Bertz CT molecular complexity index is 441.